The molecule has 0 spiro atoms. The van der Waals surface area contributed by atoms with Crippen molar-refractivity contribution in [3.05, 3.63) is 66.3 Å². The Morgan fingerprint density at radius 1 is 1.00 bits per heavy atom. The molecule has 0 atom stereocenters. The van der Waals surface area contributed by atoms with Crippen LogP contribution in [0.4, 0.5) is 0 Å². The normalized spacial score (nSPS) is 13.8. The molecular formula is C6H4N4O6. The van der Waals surface area contributed by atoms with E-state index in [1.165, 1.54) is 0 Å². The summed E-state index contributed by atoms with van der Waals surface area (Å²) in [7, 11) is 0. The number of allylic oxidation sites excluding steroid dienone is 3. The average Bonchev–Trinajstić information content (AvgIpc) is 2.17. The summed E-state index contributed by atoms with van der Waals surface area (Å²) in [4.78, 5) is 28.6. The van der Waals surface area contributed by atoms with Gasteiger partial charge in [-0.3, -0.25) is 20.2 Å². The number of nitro groups is 3. The standard InChI is InChI=1S/C6H4N4O6/c11-8(12)6(9(13)14)5-1-3-7(4-2-5)10(15)16/h1-4H. The van der Waals surface area contributed by atoms with Crippen LogP contribution in [-0.4, -0.2) is 19.9 Å². The lowest BCUT2D eigenvalue weighted by atomic mass is 10.2. The molecule has 84 valence electrons. The van der Waals surface area contributed by atoms with Crippen molar-refractivity contribution in [2.45, 2.75) is 0 Å². The highest BCUT2D eigenvalue weighted by molar-refractivity contribution is 5.33. The second-order valence-corrected chi connectivity index (χ2v) is 2.54. The first-order chi connectivity index (χ1) is 7.43. The third-order valence-electron chi connectivity index (χ3n) is 1.61. The first kappa shape index (κ1) is 11.3. The first-order valence-corrected chi connectivity index (χ1v) is 3.75. The summed E-state index contributed by atoms with van der Waals surface area (Å²) < 4.78 is 0. The van der Waals surface area contributed by atoms with Crippen LogP contribution in [0.1, 0.15) is 0 Å². The summed E-state index contributed by atoms with van der Waals surface area (Å²) >= 11 is 0. The van der Waals surface area contributed by atoms with Gasteiger partial charge in [-0.15, -0.1) is 0 Å². The molecule has 0 fully saturated rings. The van der Waals surface area contributed by atoms with Crippen molar-refractivity contribution in [3.63, 3.8) is 0 Å². The lowest BCUT2D eigenvalue weighted by molar-refractivity contribution is -0.625. The third-order valence-corrected chi connectivity index (χ3v) is 1.61. The van der Waals surface area contributed by atoms with Gasteiger partial charge in [0, 0.05) is 0 Å². The Kier molecular flexibility index (Phi) is 2.94. The first-order valence-electron chi connectivity index (χ1n) is 3.75. The molecule has 10 nitrogen and oxygen atoms in total. The van der Waals surface area contributed by atoms with Crippen LogP contribution in [0.2, 0.25) is 0 Å². The minimum absolute atomic E-state index is 0.312. The van der Waals surface area contributed by atoms with Gasteiger partial charge >= 0.3 is 5.82 Å². The van der Waals surface area contributed by atoms with Crippen LogP contribution in [0.25, 0.3) is 0 Å². The zero-order valence-corrected chi connectivity index (χ0v) is 7.55. The molecule has 0 radical (unpaired) electrons. The topological polar surface area (TPSA) is 133 Å². The molecule has 0 unspecified atom stereocenters. The van der Waals surface area contributed by atoms with Gasteiger partial charge in [-0.05, 0) is 12.2 Å². The maximum atomic E-state index is 10.3. The molecule has 0 aromatic heterocycles. The number of hydrogen-bond donors (Lipinski definition) is 0. The minimum Gasteiger partial charge on any atom is -0.253 e. The Balaban J connectivity index is 3.10. The SMILES string of the molecule is O=[N+]([O-])C(=C1C=CN([N+](=O)[O-])C=C1)[N+](=O)[O-]. The molecule has 0 aromatic carbocycles. The highest BCUT2D eigenvalue weighted by Crippen LogP contribution is 2.14. The fourth-order valence-electron chi connectivity index (χ4n) is 0.954. The van der Waals surface area contributed by atoms with E-state index in [1.54, 1.807) is 0 Å². The van der Waals surface area contributed by atoms with E-state index in [2.05, 4.69) is 0 Å². The average molecular weight is 228 g/mol. The number of hydrazine groups is 1. The van der Waals surface area contributed by atoms with Crippen LogP contribution in [0.3, 0.4) is 0 Å². The largest absolute Gasteiger partial charge is 0.566 e. The minimum atomic E-state index is -1.23. The Bertz CT molecular complexity index is 418. The van der Waals surface area contributed by atoms with Gasteiger partial charge in [0.2, 0.25) is 0 Å². The summed E-state index contributed by atoms with van der Waals surface area (Å²) in [6.07, 6.45) is 3.60. The Morgan fingerprint density at radius 3 is 1.75 bits per heavy atom. The van der Waals surface area contributed by atoms with E-state index >= 15 is 0 Å². The van der Waals surface area contributed by atoms with Gasteiger partial charge in [-0.1, -0.05) is 5.01 Å². The van der Waals surface area contributed by atoms with Gasteiger partial charge in [-0.2, -0.15) is 0 Å². The molecule has 0 bridgehead atoms. The highest BCUT2D eigenvalue weighted by Gasteiger charge is 2.31. The van der Waals surface area contributed by atoms with E-state index in [0.717, 1.165) is 24.6 Å². The summed E-state index contributed by atoms with van der Waals surface area (Å²) in [6, 6.07) is 0. The number of rotatable bonds is 3. The molecule has 10 heteroatoms. The molecule has 0 saturated carbocycles. The molecule has 1 rings (SSSR count). The van der Waals surface area contributed by atoms with Crippen molar-refractivity contribution in [2.75, 3.05) is 0 Å². The van der Waals surface area contributed by atoms with Crippen molar-refractivity contribution < 1.29 is 14.9 Å². The molecule has 0 N–H and O–H groups in total. The smallest absolute Gasteiger partial charge is 0.253 e. The molecule has 0 aromatic rings. The maximum Gasteiger partial charge on any atom is 0.566 e. The summed E-state index contributed by atoms with van der Waals surface area (Å²) in [5.74, 6) is -1.23. The second-order valence-electron chi connectivity index (χ2n) is 2.54. The van der Waals surface area contributed by atoms with Gasteiger partial charge in [-0.25, -0.2) is 10.1 Å². The van der Waals surface area contributed by atoms with Gasteiger partial charge in [0.1, 0.15) is 15.4 Å². The molecule has 1 aliphatic rings. The highest BCUT2D eigenvalue weighted by atomic mass is 16.7. The molecule has 0 saturated heterocycles. The Hall–Kier alpha value is -2.78. The van der Waals surface area contributed by atoms with E-state index in [0.29, 0.717) is 5.01 Å². The molecule has 0 amide bonds. The zero-order valence-electron chi connectivity index (χ0n) is 7.55. The van der Waals surface area contributed by atoms with E-state index in [-0.39, 0.29) is 5.57 Å². The lowest BCUT2D eigenvalue weighted by Crippen LogP contribution is -2.20. The zero-order chi connectivity index (χ0) is 12.3. The summed E-state index contributed by atoms with van der Waals surface area (Å²) in [5, 5.41) is 30.7. The van der Waals surface area contributed by atoms with E-state index < -0.39 is 20.7 Å². The summed E-state index contributed by atoms with van der Waals surface area (Å²) in [6.45, 7) is 0. The van der Waals surface area contributed by atoms with Gasteiger partial charge < -0.3 is 0 Å². The fourth-order valence-corrected chi connectivity index (χ4v) is 0.954. The van der Waals surface area contributed by atoms with Crippen LogP contribution in [0.5, 0.6) is 0 Å². The van der Waals surface area contributed by atoms with Crippen LogP contribution < -0.4 is 0 Å². The fraction of sp³-hybridized carbons (Fsp3) is 0. The van der Waals surface area contributed by atoms with Crippen molar-refractivity contribution in [1.29, 1.82) is 0 Å². The molecular weight excluding hydrogens is 224 g/mol. The number of hydrogen-bond acceptors (Lipinski definition) is 6. The lowest BCUT2D eigenvalue weighted by Gasteiger charge is -2.06. The van der Waals surface area contributed by atoms with Crippen molar-refractivity contribution in [1.82, 2.24) is 5.01 Å². The second kappa shape index (κ2) is 4.16. The van der Waals surface area contributed by atoms with Crippen LogP contribution >= 0.6 is 0 Å². The quantitative estimate of drug-likeness (QED) is 0.500. The van der Waals surface area contributed by atoms with E-state index in [4.69, 9.17) is 0 Å². The number of nitrogens with zero attached hydrogens (tertiary/aromatic N) is 4. The van der Waals surface area contributed by atoms with E-state index in [1.807, 2.05) is 0 Å². The van der Waals surface area contributed by atoms with Crippen molar-refractivity contribution in [2.24, 2.45) is 0 Å². The Labute approximate surface area is 87.2 Å². The molecule has 1 aliphatic heterocycles. The predicted octanol–water partition coefficient (Wildman–Crippen LogP) is 0.286. The molecule has 1 heterocycles. The Morgan fingerprint density at radius 2 is 1.44 bits per heavy atom. The monoisotopic (exact) mass is 228 g/mol. The van der Waals surface area contributed by atoms with E-state index in [9.17, 15) is 30.3 Å². The van der Waals surface area contributed by atoms with Crippen LogP contribution in [-0.2, 0) is 0 Å². The van der Waals surface area contributed by atoms with Gasteiger partial charge in [0.15, 0.2) is 5.03 Å². The van der Waals surface area contributed by atoms with Gasteiger partial charge in [0.25, 0.3) is 0 Å². The maximum absolute atomic E-state index is 10.3. The predicted molar refractivity (Wildman–Crippen MR) is 48.1 cm³/mol. The van der Waals surface area contributed by atoms with Gasteiger partial charge in [0.05, 0.1) is 12.4 Å². The third kappa shape index (κ3) is 2.17. The molecule has 16 heavy (non-hydrogen) atoms. The van der Waals surface area contributed by atoms with Crippen molar-refractivity contribution >= 4 is 0 Å². The van der Waals surface area contributed by atoms with Crippen molar-refractivity contribution in [3.8, 4) is 0 Å². The van der Waals surface area contributed by atoms with Crippen LogP contribution in [0, 0.1) is 30.3 Å². The molecule has 0 aliphatic carbocycles. The van der Waals surface area contributed by atoms with Crippen LogP contribution in [0.15, 0.2) is 35.9 Å². The summed E-state index contributed by atoms with van der Waals surface area (Å²) in [5.41, 5.74) is -0.312.